The summed E-state index contributed by atoms with van der Waals surface area (Å²) in [6.07, 6.45) is 0. The summed E-state index contributed by atoms with van der Waals surface area (Å²) in [5.74, 6) is 1.48. The molecular weight excluding hydrogens is 180 g/mol. The Hall–Kier alpha value is -0.340. The first kappa shape index (κ1) is 8.75. The van der Waals surface area contributed by atoms with Gasteiger partial charge in [0.25, 0.3) is 0 Å². The molecule has 0 N–H and O–H groups in total. The van der Waals surface area contributed by atoms with E-state index in [1.165, 1.54) is 0 Å². The topological polar surface area (TPSA) is 9.23 Å². The minimum Gasteiger partial charge on any atom is -0.496 e. The van der Waals surface area contributed by atoms with Crippen LogP contribution in [0, 0.1) is 0 Å². The third-order valence-electron chi connectivity index (χ3n) is 1.41. The monoisotopic (exact) mass is 188 g/mol. The highest BCUT2D eigenvalue weighted by molar-refractivity contribution is 7.79. The maximum Gasteiger partial charge on any atom is 0.122 e. The van der Waals surface area contributed by atoms with Crippen molar-refractivity contribution in [1.29, 1.82) is 0 Å². The third-order valence-corrected chi connectivity index (χ3v) is 1.99. The van der Waals surface area contributed by atoms with E-state index in [9.17, 15) is 0 Å². The van der Waals surface area contributed by atoms with Gasteiger partial charge >= 0.3 is 0 Å². The molecule has 0 spiro atoms. The lowest BCUT2D eigenvalue weighted by atomic mass is 10.2. The Balaban J connectivity index is 3.06. The molecule has 0 saturated carbocycles. The van der Waals surface area contributed by atoms with Gasteiger partial charge in [-0.1, -0.05) is 11.6 Å². The van der Waals surface area contributed by atoms with E-state index >= 15 is 0 Å². The van der Waals surface area contributed by atoms with Crippen LogP contribution >= 0.6 is 24.2 Å². The van der Waals surface area contributed by atoms with E-state index in [0.717, 1.165) is 16.3 Å². The number of benzene rings is 1. The standard InChI is InChI=1S/C8H9ClOS/c1-10-8-3-2-7(9)4-6(8)5-11/h2-4,11H,5H2,1H3. The first-order chi connectivity index (χ1) is 5.27. The van der Waals surface area contributed by atoms with Crippen molar-refractivity contribution in [3.8, 4) is 5.75 Å². The molecule has 0 aromatic heterocycles. The van der Waals surface area contributed by atoms with Gasteiger partial charge < -0.3 is 4.74 Å². The Morgan fingerprint density at radius 1 is 1.55 bits per heavy atom. The van der Waals surface area contributed by atoms with Crippen LogP contribution in [0.4, 0.5) is 0 Å². The Morgan fingerprint density at radius 3 is 2.82 bits per heavy atom. The van der Waals surface area contributed by atoms with Crippen LogP contribution in [-0.2, 0) is 5.75 Å². The lowest BCUT2D eigenvalue weighted by Crippen LogP contribution is -1.88. The zero-order valence-corrected chi connectivity index (χ0v) is 7.82. The smallest absolute Gasteiger partial charge is 0.122 e. The summed E-state index contributed by atoms with van der Waals surface area (Å²) >= 11 is 9.91. The normalized spacial score (nSPS) is 9.73. The predicted molar refractivity (Wildman–Crippen MR) is 50.7 cm³/mol. The number of hydrogen-bond acceptors (Lipinski definition) is 2. The van der Waals surface area contributed by atoms with E-state index in [1.807, 2.05) is 12.1 Å². The van der Waals surface area contributed by atoms with Crippen LogP contribution in [0.3, 0.4) is 0 Å². The molecular formula is C8H9ClOS. The lowest BCUT2D eigenvalue weighted by molar-refractivity contribution is 0.411. The molecule has 0 unspecified atom stereocenters. The summed E-state index contributed by atoms with van der Waals surface area (Å²) < 4.78 is 5.08. The van der Waals surface area contributed by atoms with Crippen LogP contribution in [0.15, 0.2) is 18.2 Å². The second-order valence-electron chi connectivity index (χ2n) is 2.11. The van der Waals surface area contributed by atoms with Gasteiger partial charge in [0.05, 0.1) is 7.11 Å². The van der Waals surface area contributed by atoms with Gasteiger partial charge in [-0.15, -0.1) is 0 Å². The molecule has 0 bridgehead atoms. The van der Waals surface area contributed by atoms with E-state index in [-0.39, 0.29) is 0 Å². The number of thiol groups is 1. The predicted octanol–water partition coefficient (Wildman–Crippen LogP) is 2.78. The van der Waals surface area contributed by atoms with Crippen molar-refractivity contribution in [2.24, 2.45) is 0 Å². The number of halogens is 1. The van der Waals surface area contributed by atoms with Crippen molar-refractivity contribution in [1.82, 2.24) is 0 Å². The zero-order chi connectivity index (χ0) is 8.27. The fraction of sp³-hybridized carbons (Fsp3) is 0.250. The fourth-order valence-corrected chi connectivity index (χ4v) is 1.31. The molecule has 0 amide bonds. The summed E-state index contributed by atoms with van der Waals surface area (Å²) in [6.45, 7) is 0. The average molecular weight is 189 g/mol. The average Bonchev–Trinajstić information content (AvgIpc) is 2.04. The molecule has 0 aliphatic carbocycles. The van der Waals surface area contributed by atoms with Crippen LogP contribution in [-0.4, -0.2) is 7.11 Å². The molecule has 1 aromatic carbocycles. The third kappa shape index (κ3) is 2.04. The highest BCUT2D eigenvalue weighted by Crippen LogP contribution is 2.23. The fourth-order valence-electron chi connectivity index (χ4n) is 0.871. The quantitative estimate of drug-likeness (QED) is 0.703. The largest absolute Gasteiger partial charge is 0.496 e. The summed E-state index contributed by atoms with van der Waals surface area (Å²) in [6, 6.07) is 5.49. The molecule has 0 radical (unpaired) electrons. The minimum absolute atomic E-state index is 0.643. The van der Waals surface area contributed by atoms with Crippen molar-refractivity contribution in [2.75, 3.05) is 7.11 Å². The van der Waals surface area contributed by atoms with E-state index < -0.39 is 0 Å². The molecule has 11 heavy (non-hydrogen) atoms. The highest BCUT2D eigenvalue weighted by Gasteiger charge is 2.00. The van der Waals surface area contributed by atoms with Crippen LogP contribution in [0.25, 0.3) is 0 Å². The van der Waals surface area contributed by atoms with Crippen molar-refractivity contribution in [3.63, 3.8) is 0 Å². The summed E-state index contributed by atoms with van der Waals surface area (Å²) in [5, 5.41) is 0.717. The Bertz CT molecular complexity index is 250. The molecule has 0 saturated heterocycles. The van der Waals surface area contributed by atoms with E-state index in [4.69, 9.17) is 16.3 Å². The number of hydrogen-bond donors (Lipinski definition) is 1. The molecule has 3 heteroatoms. The molecule has 1 rings (SSSR count). The minimum atomic E-state index is 0.643. The van der Waals surface area contributed by atoms with E-state index in [0.29, 0.717) is 5.75 Å². The van der Waals surface area contributed by atoms with Gasteiger partial charge in [-0.3, -0.25) is 0 Å². The molecule has 0 heterocycles. The summed E-state index contributed by atoms with van der Waals surface area (Å²) in [4.78, 5) is 0. The van der Waals surface area contributed by atoms with E-state index in [2.05, 4.69) is 12.6 Å². The first-order valence-electron chi connectivity index (χ1n) is 3.21. The summed E-state index contributed by atoms with van der Waals surface area (Å²) in [7, 11) is 1.64. The molecule has 0 aliphatic rings. The zero-order valence-electron chi connectivity index (χ0n) is 6.17. The van der Waals surface area contributed by atoms with Gasteiger partial charge in [0.15, 0.2) is 0 Å². The van der Waals surface area contributed by atoms with Gasteiger partial charge in [0, 0.05) is 16.3 Å². The van der Waals surface area contributed by atoms with Crippen molar-refractivity contribution < 1.29 is 4.74 Å². The highest BCUT2D eigenvalue weighted by atomic mass is 35.5. The first-order valence-corrected chi connectivity index (χ1v) is 4.22. The Morgan fingerprint density at radius 2 is 2.27 bits per heavy atom. The Labute approximate surface area is 76.7 Å². The van der Waals surface area contributed by atoms with Crippen LogP contribution in [0.5, 0.6) is 5.75 Å². The van der Waals surface area contributed by atoms with Crippen molar-refractivity contribution in [3.05, 3.63) is 28.8 Å². The maximum atomic E-state index is 5.76. The lowest BCUT2D eigenvalue weighted by Gasteiger charge is -2.05. The second-order valence-corrected chi connectivity index (χ2v) is 2.87. The van der Waals surface area contributed by atoms with Gasteiger partial charge in [0.2, 0.25) is 0 Å². The van der Waals surface area contributed by atoms with Gasteiger partial charge in [-0.05, 0) is 18.2 Å². The molecule has 1 aromatic rings. The van der Waals surface area contributed by atoms with Gasteiger partial charge in [-0.25, -0.2) is 0 Å². The second kappa shape index (κ2) is 3.88. The van der Waals surface area contributed by atoms with Crippen LogP contribution < -0.4 is 4.74 Å². The number of methoxy groups -OCH3 is 1. The number of rotatable bonds is 2. The Kier molecular flexibility index (Phi) is 3.09. The van der Waals surface area contributed by atoms with Crippen molar-refractivity contribution in [2.45, 2.75) is 5.75 Å². The molecule has 0 aliphatic heterocycles. The number of ether oxygens (including phenoxy) is 1. The molecule has 0 fully saturated rings. The maximum absolute atomic E-state index is 5.76. The molecule has 1 nitrogen and oxygen atoms in total. The van der Waals surface area contributed by atoms with Gasteiger partial charge in [-0.2, -0.15) is 12.6 Å². The SMILES string of the molecule is COc1ccc(Cl)cc1CS. The van der Waals surface area contributed by atoms with Crippen molar-refractivity contribution >= 4 is 24.2 Å². The van der Waals surface area contributed by atoms with E-state index in [1.54, 1.807) is 13.2 Å². The van der Waals surface area contributed by atoms with Crippen LogP contribution in [0.1, 0.15) is 5.56 Å². The summed E-state index contributed by atoms with van der Waals surface area (Å²) in [5.41, 5.74) is 1.02. The van der Waals surface area contributed by atoms with Crippen LogP contribution in [0.2, 0.25) is 5.02 Å². The molecule has 60 valence electrons. The molecule has 0 atom stereocenters. The van der Waals surface area contributed by atoms with Gasteiger partial charge in [0.1, 0.15) is 5.75 Å².